The summed E-state index contributed by atoms with van der Waals surface area (Å²) in [7, 11) is 4.23. The Morgan fingerprint density at radius 1 is 0.929 bits per heavy atom. The number of hydrogen-bond acceptors (Lipinski definition) is 8. The molecule has 0 aliphatic rings. The van der Waals surface area contributed by atoms with Crippen LogP contribution in [0.25, 0.3) is 5.69 Å². The molecule has 12 heteroatoms. The third kappa shape index (κ3) is 6.32. The first-order chi connectivity index (χ1) is 20.0. The van der Waals surface area contributed by atoms with Crippen molar-refractivity contribution in [2.24, 2.45) is 0 Å². The van der Waals surface area contributed by atoms with E-state index in [1.165, 1.54) is 6.92 Å². The van der Waals surface area contributed by atoms with E-state index in [-0.39, 0.29) is 35.8 Å². The minimum absolute atomic E-state index is 0.0194. The topological polar surface area (TPSA) is 109 Å². The van der Waals surface area contributed by atoms with Crippen LogP contribution in [0.2, 0.25) is 0 Å². The number of alkyl halides is 3. The Kier molecular flexibility index (Phi) is 8.74. The van der Waals surface area contributed by atoms with E-state index >= 15 is 0 Å². The molecule has 0 unspecified atom stereocenters. The molecule has 0 fully saturated rings. The second-order valence-electron chi connectivity index (χ2n) is 9.39. The van der Waals surface area contributed by atoms with Gasteiger partial charge in [-0.1, -0.05) is 24.3 Å². The number of hydrogen-bond donors (Lipinski definition) is 1. The Morgan fingerprint density at radius 3 is 1.88 bits per heavy atom. The molecule has 220 valence electrons. The fourth-order valence-corrected chi connectivity index (χ4v) is 4.53. The highest BCUT2D eigenvalue weighted by atomic mass is 19.4. The molecule has 0 saturated carbocycles. The van der Waals surface area contributed by atoms with Gasteiger partial charge in [-0.2, -0.15) is 13.2 Å². The predicted molar refractivity (Wildman–Crippen MR) is 151 cm³/mol. The highest BCUT2D eigenvalue weighted by Crippen LogP contribution is 2.34. The zero-order valence-electron chi connectivity index (χ0n) is 23.4. The first-order valence-corrected chi connectivity index (χ1v) is 12.6. The van der Waals surface area contributed by atoms with E-state index in [0.29, 0.717) is 11.5 Å². The molecule has 2 N–H and O–H groups in total. The van der Waals surface area contributed by atoms with Crippen molar-refractivity contribution >= 4 is 17.5 Å². The van der Waals surface area contributed by atoms with Crippen molar-refractivity contribution in [1.82, 2.24) is 9.55 Å². The van der Waals surface area contributed by atoms with Crippen LogP contribution in [-0.4, -0.2) is 36.8 Å². The van der Waals surface area contributed by atoms with Crippen LogP contribution in [0, 0.1) is 6.92 Å². The number of benzene rings is 3. The lowest BCUT2D eigenvalue weighted by atomic mass is 10.1. The summed E-state index contributed by atoms with van der Waals surface area (Å²) in [5.41, 5.74) is 5.19. The molecule has 0 spiro atoms. The summed E-state index contributed by atoms with van der Waals surface area (Å²) < 4.78 is 56.4. The summed E-state index contributed by atoms with van der Waals surface area (Å²) in [5.74, 6) is 0.370. The molecular formula is C30H29F3N4O5. The number of methoxy groups -OCH3 is 3. The van der Waals surface area contributed by atoms with E-state index in [0.717, 1.165) is 41.3 Å². The van der Waals surface area contributed by atoms with Crippen LogP contribution in [0.1, 0.15) is 32.6 Å². The molecule has 9 nitrogen and oxygen atoms in total. The van der Waals surface area contributed by atoms with Gasteiger partial charge in [-0.25, -0.2) is 9.78 Å². The number of nitrogens with two attached hydrogens (primary N) is 1. The number of rotatable bonds is 9. The third-order valence-corrected chi connectivity index (χ3v) is 6.60. The lowest BCUT2D eigenvalue weighted by molar-refractivity contribution is -0.137. The van der Waals surface area contributed by atoms with Crippen LogP contribution >= 0.6 is 0 Å². The van der Waals surface area contributed by atoms with Gasteiger partial charge in [0, 0.05) is 13.1 Å². The first-order valence-electron chi connectivity index (χ1n) is 12.6. The highest BCUT2D eigenvalue weighted by molar-refractivity contribution is 5.94. The number of ether oxygens (including phenoxy) is 3. The average Bonchev–Trinajstić information content (AvgIpc) is 2.97. The van der Waals surface area contributed by atoms with Crippen molar-refractivity contribution in [3.8, 4) is 17.2 Å². The van der Waals surface area contributed by atoms with Crippen LogP contribution in [-0.2, 0) is 24.0 Å². The lowest BCUT2D eigenvalue weighted by Gasteiger charge is -2.26. The van der Waals surface area contributed by atoms with E-state index in [1.54, 1.807) is 43.4 Å². The number of esters is 1. The Hall–Kier alpha value is -5.00. The van der Waals surface area contributed by atoms with Gasteiger partial charge in [-0.3, -0.25) is 9.36 Å². The van der Waals surface area contributed by atoms with Gasteiger partial charge in [0.05, 0.1) is 38.3 Å². The number of halogens is 3. The molecule has 0 bridgehead atoms. The van der Waals surface area contributed by atoms with Crippen molar-refractivity contribution in [2.75, 3.05) is 32.0 Å². The molecule has 0 saturated heterocycles. The first kappa shape index (κ1) is 30.0. The number of carbonyl (C=O) groups is 1. The van der Waals surface area contributed by atoms with Gasteiger partial charge >= 0.3 is 12.1 Å². The summed E-state index contributed by atoms with van der Waals surface area (Å²) in [6, 6.07) is 16.1. The van der Waals surface area contributed by atoms with E-state index in [2.05, 4.69) is 4.98 Å². The predicted octanol–water partition coefficient (Wildman–Crippen LogP) is 5.15. The molecule has 0 radical (unpaired) electrons. The van der Waals surface area contributed by atoms with Crippen LogP contribution in [0.5, 0.6) is 11.5 Å². The van der Waals surface area contributed by atoms with E-state index < -0.39 is 28.8 Å². The minimum atomic E-state index is -4.63. The van der Waals surface area contributed by atoms with Crippen molar-refractivity contribution in [3.63, 3.8) is 0 Å². The fraction of sp³-hybridized carbons (Fsp3) is 0.233. The van der Waals surface area contributed by atoms with Crippen molar-refractivity contribution in [3.05, 3.63) is 105 Å². The highest BCUT2D eigenvalue weighted by Gasteiger charge is 2.32. The van der Waals surface area contributed by atoms with Gasteiger partial charge < -0.3 is 24.8 Å². The second-order valence-corrected chi connectivity index (χ2v) is 9.39. The maximum absolute atomic E-state index is 13.8. The maximum atomic E-state index is 13.8. The molecule has 1 heterocycles. The van der Waals surface area contributed by atoms with Gasteiger partial charge in [-0.05, 0) is 60.0 Å². The van der Waals surface area contributed by atoms with Crippen LogP contribution in [0.4, 0.5) is 24.7 Å². The number of nitrogens with zero attached hydrogens (tertiary/aromatic N) is 3. The fourth-order valence-electron chi connectivity index (χ4n) is 4.53. The van der Waals surface area contributed by atoms with Crippen molar-refractivity contribution in [1.29, 1.82) is 0 Å². The summed E-state index contributed by atoms with van der Waals surface area (Å²) in [4.78, 5) is 33.1. The van der Waals surface area contributed by atoms with E-state index in [9.17, 15) is 22.8 Å². The number of aryl methyl sites for hydroxylation is 1. The number of aromatic nitrogens is 2. The SMILES string of the molecule is COC(=O)c1c(N(Cc2ccc(OC)cc2)Cc2ccc(OC)cc2)ncn(-c2c(C)cc(C(F)(F)F)cc2N)c1=O. The zero-order chi connectivity index (χ0) is 30.6. The van der Waals surface area contributed by atoms with Gasteiger partial charge in [0.2, 0.25) is 0 Å². The molecule has 42 heavy (non-hydrogen) atoms. The van der Waals surface area contributed by atoms with E-state index in [4.69, 9.17) is 19.9 Å². The lowest BCUT2D eigenvalue weighted by Crippen LogP contribution is -2.33. The molecular weight excluding hydrogens is 553 g/mol. The van der Waals surface area contributed by atoms with Crippen LogP contribution in [0.3, 0.4) is 0 Å². The summed E-state index contributed by atoms with van der Waals surface area (Å²) in [5, 5.41) is 0. The maximum Gasteiger partial charge on any atom is 0.416 e. The Balaban J connectivity index is 1.87. The van der Waals surface area contributed by atoms with Crippen molar-refractivity contribution < 1.29 is 32.2 Å². The molecule has 4 rings (SSSR count). The number of nitrogen functional groups attached to an aromatic ring is 1. The van der Waals surface area contributed by atoms with Gasteiger partial charge in [0.25, 0.3) is 5.56 Å². The molecule has 0 aliphatic carbocycles. The minimum Gasteiger partial charge on any atom is -0.497 e. The third-order valence-electron chi connectivity index (χ3n) is 6.60. The number of carbonyl (C=O) groups excluding carboxylic acids is 1. The van der Waals surface area contributed by atoms with Gasteiger partial charge in [0.1, 0.15) is 17.8 Å². The standard InChI is InChI=1S/C30H29F3N4O5/c1-18-13-21(30(31,32)33)14-24(34)26(18)37-17-35-27(25(28(37)38)29(39)42-4)36(15-19-5-9-22(40-2)10-6-19)16-20-7-11-23(41-3)12-8-20/h5-14,17H,15-16,34H2,1-4H3. The van der Waals surface area contributed by atoms with Gasteiger partial charge in [0.15, 0.2) is 11.4 Å². The Labute approximate surface area is 239 Å². The molecule has 0 atom stereocenters. The largest absolute Gasteiger partial charge is 0.497 e. The second kappa shape index (κ2) is 12.2. The number of anilines is 2. The normalized spacial score (nSPS) is 11.2. The summed E-state index contributed by atoms with van der Waals surface area (Å²) in [6.45, 7) is 1.86. The average molecular weight is 583 g/mol. The van der Waals surface area contributed by atoms with Crippen LogP contribution in [0.15, 0.2) is 71.8 Å². The molecule has 0 aliphatic heterocycles. The molecule has 3 aromatic carbocycles. The molecule has 1 aromatic heterocycles. The molecule has 0 amide bonds. The monoisotopic (exact) mass is 582 g/mol. The van der Waals surface area contributed by atoms with Gasteiger partial charge in [-0.15, -0.1) is 0 Å². The summed E-state index contributed by atoms with van der Waals surface area (Å²) >= 11 is 0. The quantitative estimate of drug-likeness (QED) is 0.213. The van der Waals surface area contributed by atoms with Crippen LogP contribution < -0.4 is 25.7 Å². The molecule has 4 aromatic rings. The van der Waals surface area contributed by atoms with E-state index in [1.807, 2.05) is 24.3 Å². The zero-order valence-corrected chi connectivity index (χ0v) is 23.4. The smallest absolute Gasteiger partial charge is 0.416 e. The van der Waals surface area contributed by atoms with Crippen molar-refractivity contribution in [2.45, 2.75) is 26.2 Å². The Morgan fingerprint density at radius 2 is 1.45 bits per heavy atom. The summed E-state index contributed by atoms with van der Waals surface area (Å²) in [6.07, 6.45) is -3.49. The Bertz CT molecular complexity index is 1560.